The van der Waals surface area contributed by atoms with E-state index >= 15 is 0 Å². The molecule has 132 valence electrons. The second kappa shape index (κ2) is 15.8. The van der Waals surface area contributed by atoms with Crippen molar-refractivity contribution in [2.75, 3.05) is 6.61 Å². The van der Waals surface area contributed by atoms with Gasteiger partial charge in [0.25, 0.3) is 5.97 Å². The van der Waals surface area contributed by atoms with Gasteiger partial charge in [-0.3, -0.25) is 9.35 Å². The number of unbranched alkanes of at least 4 members (excludes halogenated alkanes) is 8. The molecule has 8 heteroatoms. The first-order valence-electron chi connectivity index (χ1n) is 7.98. The third-order valence-electron chi connectivity index (χ3n) is 3.11. The quantitative estimate of drug-likeness (QED) is 0.159. The normalized spacial score (nSPS) is 12.5. The molecule has 0 saturated heterocycles. The summed E-state index contributed by atoms with van der Waals surface area (Å²) >= 11 is 0. The number of ether oxygens (including phenoxy) is 1. The summed E-state index contributed by atoms with van der Waals surface area (Å²) in [6, 6.07) is 0. The van der Waals surface area contributed by atoms with E-state index in [-0.39, 0.29) is 42.6 Å². The monoisotopic (exact) mass is 360 g/mol. The summed E-state index contributed by atoms with van der Waals surface area (Å²) < 4.78 is 38.2. The van der Waals surface area contributed by atoms with E-state index in [1.807, 2.05) is 6.42 Å². The zero-order chi connectivity index (χ0) is 16.8. The molecule has 0 aliphatic heterocycles. The summed E-state index contributed by atoms with van der Waals surface area (Å²) in [6.45, 7) is 3.31. The molecule has 0 bridgehead atoms. The van der Waals surface area contributed by atoms with Gasteiger partial charge < -0.3 is 11.2 Å². The van der Waals surface area contributed by atoms with Crippen LogP contribution in [0.2, 0.25) is 0 Å². The Kier molecular flexibility index (Phi) is 17.6. The molecular weight excluding hydrogens is 331 g/mol. The van der Waals surface area contributed by atoms with Gasteiger partial charge in [0.05, 0.1) is 0 Å². The molecule has 1 unspecified atom stereocenters. The number of hydrogen-bond donors (Lipinski definition) is 1. The van der Waals surface area contributed by atoms with Crippen LogP contribution in [0.4, 0.5) is 0 Å². The third kappa shape index (κ3) is 20.3. The average molecular weight is 360 g/mol. The van der Waals surface area contributed by atoms with Gasteiger partial charge in [0.15, 0.2) is 0 Å². The summed E-state index contributed by atoms with van der Waals surface area (Å²) in [5.41, 5.74) is 0. The first-order valence-corrected chi connectivity index (χ1v) is 9.34. The molecule has 0 rings (SSSR count). The molecule has 0 aromatic heterocycles. The first-order chi connectivity index (χ1) is 10.3. The van der Waals surface area contributed by atoms with Crippen LogP contribution in [-0.2, 0) is 24.1 Å². The molecule has 0 aliphatic carbocycles. The van der Waals surface area contributed by atoms with Gasteiger partial charge in [-0.2, -0.15) is 14.8 Å². The topological polar surface area (TPSA) is 89.9 Å². The molecule has 0 spiro atoms. The third-order valence-corrected chi connectivity index (χ3v) is 3.54. The molecule has 0 aliphatic rings. The second-order valence-electron chi connectivity index (χ2n) is 5.42. The van der Waals surface area contributed by atoms with E-state index in [0.29, 0.717) is 0 Å². The van der Waals surface area contributed by atoms with Gasteiger partial charge in [0.1, 0.15) is 12.7 Å². The van der Waals surface area contributed by atoms with Crippen molar-refractivity contribution < 1.29 is 56.2 Å². The van der Waals surface area contributed by atoms with Crippen LogP contribution >= 0.6 is 0 Å². The predicted octanol–water partition coefficient (Wildman–Crippen LogP) is 0.477. The molecule has 0 heterocycles. The summed E-state index contributed by atoms with van der Waals surface area (Å²) in [6.07, 6.45) is 10.9. The van der Waals surface area contributed by atoms with Gasteiger partial charge in [0, 0.05) is 0 Å². The van der Waals surface area contributed by atoms with Gasteiger partial charge in [-0.1, -0.05) is 58.3 Å². The van der Waals surface area contributed by atoms with Crippen LogP contribution in [0.25, 0.3) is 0 Å². The summed E-state index contributed by atoms with van der Waals surface area (Å²) in [5.74, 6) is -0.422. The minimum Gasteiger partial charge on any atom is -0.462 e. The molecular formula is C15H29NaO6S. The molecule has 0 fully saturated rings. The molecule has 0 aromatic carbocycles. The standard InChI is InChI=1S/C15H29O6S.Na/c1-3-4-5-6-7-8-9-10-11-12-15(16)21-14(2)13-20-22(17,18)19;/h11,14H,3-10,12-13H2,1-2H3,(H,17,18,19);/q-1;+1. The van der Waals surface area contributed by atoms with E-state index < -0.39 is 22.5 Å². The smallest absolute Gasteiger partial charge is 0.462 e. The zero-order valence-electron chi connectivity index (χ0n) is 14.6. The minimum atomic E-state index is -4.49. The van der Waals surface area contributed by atoms with E-state index in [4.69, 9.17) is 9.29 Å². The number of esters is 1. The van der Waals surface area contributed by atoms with Crippen LogP contribution in [0.15, 0.2) is 0 Å². The number of carbonyl (C=O) groups is 1. The molecule has 6 nitrogen and oxygen atoms in total. The van der Waals surface area contributed by atoms with Crippen molar-refractivity contribution in [3.63, 3.8) is 0 Å². The Labute approximate surface area is 162 Å². The molecule has 0 radical (unpaired) electrons. The maximum Gasteiger partial charge on any atom is 1.00 e. The molecule has 0 aromatic rings. The Balaban J connectivity index is 0. The number of carbonyl (C=O) groups excluding carboxylic acids is 1. The average Bonchev–Trinajstić information content (AvgIpc) is 2.42. The largest absolute Gasteiger partial charge is 1.00 e. The van der Waals surface area contributed by atoms with E-state index in [1.165, 1.54) is 45.4 Å². The molecule has 0 saturated carbocycles. The Hall–Kier alpha value is 0.340. The van der Waals surface area contributed by atoms with Gasteiger partial charge >= 0.3 is 40.0 Å². The van der Waals surface area contributed by atoms with Crippen LogP contribution < -0.4 is 29.6 Å². The van der Waals surface area contributed by atoms with Crippen molar-refractivity contribution in [2.45, 2.75) is 77.7 Å². The minimum absolute atomic E-state index is 0. The Morgan fingerprint density at radius 1 is 1.13 bits per heavy atom. The summed E-state index contributed by atoms with van der Waals surface area (Å²) in [7, 11) is -4.49. The fourth-order valence-electron chi connectivity index (χ4n) is 1.95. The fraction of sp³-hybridized carbons (Fsp3) is 0.867. The fourth-order valence-corrected chi connectivity index (χ4v) is 2.32. The summed E-state index contributed by atoms with van der Waals surface area (Å²) in [4.78, 5) is 11.5. The second-order valence-corrected chi connectivity index (χ2v) is 6.51. The molecule has 1 atom stereocenters. The van der Waals surface area contributed by atoms with Crippen molar-refractivity contribution in [1.29, 1.82) is 0 Å². The maximum atomic E-state index is 11.5. The first kappa shape index (κ1) is 25.6. The van der Waals surface area contributed by atoms with Gasteiger partial charge in [-0.25, -0.2) is 4.18 Å². The summed E-state index contributed by atoms with van der Waals surface area (Å²) in [5, 5.41) is 0. The number of rotatable bonds is 14. The van der Waals surface area contributed by atoms with Crippen LogP contribution in [0.5, 0.6) is 0 Å². The van der Waals surface area contributed by atoms with E-state index in [0.717, 1.165) is 12.8 Å². The number of hydrogen-bond acceptors (Lipinski definition) is 5. The van der Waals surface area contributed by atoms with Crippen LogP contribution in [-0.4, -0.2) is 31.7 Å². The molecule has 0 amide bonds. The maximum absolute atomic E-state index is 11.5. The van der Waals surface area contributed by atoms with Crippen molar-refractivity contribution in [3.05, 3.63) is 6.42 Å². The van der Waals surface area contributed by atoms with Gasteiger partial charge in [-0.15, -0.1) is 0 Å². The van der Waals surface area contributed by atoms with E-state index in [9.17, 15) is 13.2 Å². The van der Waals surface area contributed by atoms with Crippen LogP contribution in [0.3, 0.4) is 0 Å². The Morgan fingerprint density at radius 2 is 1.70 bits per heavy atom. The van der Waals surface area contributed by atoms with E-state index in [2.05, 4.69) is 11.1 Å². The van der Waals surface area contributed by atoms with Gasteiger partial charge in [-0.05, 0) is 6.92 Å². The molecule has 1 N–H and O–H groups in total. The van der Waals surface area contributed by atoms with Crippen LogP contribution in [0, 0.1) is 6.42 Å². The van der Waals surface area contributed by atoms with Crippen molar-refractivity contribution >= 4 is 16.4 Å². The predicted molar refractivity (Wildman–Crippen MR) is 84.6 cm³/mol. The zero-order valence-corrected chi connectivity index (χ0v) is 17.4. The molecule has 23 heavy (non-hydrogen) atoms. The van der Waals surface area contributed by atoms with Gasteiger partial charge in [0.2, 0.25) is 0 Å². The van der Waals surface area contributed by atoms with Crippen LogP contribution in [0.1, 0.15) is 71.6 Å². The Morgan fingerprint density at radius 3 is 2.26 bits per heavy atom. The van der Waals surface area contributed by atoms with Crippen molar-refractivity contribution in [1.82, 2.24) is 0 Å². The SMILES string of the molecule is CCCCCCCCC[CH-]CC(=O)OC(C)COS(=O)(=O)O.[Na+]. The van der Waals surface area contributed by atoms with Crippen molar-refractivity contribution in [3.8, 4) is 0 Å². The van der Waals surface area contributed by atoms with Crippen molar-refractivity contribution in [2.24, 2.45) is 0 Å². The van der Waals surface area contributed by atoms with E-state index in [1.54, 1.807) is 0 Å². The Bertz CT molecular complexity index is 385.